The highest BCUT2D eigenvalue weighted by atomic mass is 35.5. The molecule has 2 heteroatoms. The van der Waals surface area contributed by atoms with Gasteiger partial charge >= 0.3 is 0 Å². The van der Waals surface area contributed by atoms with Crippen molar-refractivity contribution in [2.24, 2.45) is 5.92 Å². The van der Waals surface area contributed by atoms with Gasteiger partial charge in [-0.25, -0.2) is 0 Å². The van der Waals surface area contributed by atoms with E-state index >= 15 is 0 Å². The third-order valence-corrected chi connectivity index (χ3v) is 2.71. The van der Waals surface area contributed by atoms with Gasteiger partial charge in [-0.1, -0.05) is 55.3 Å². The number of hydrogen-bond acceptors (Lipinski definition) is 1. The smallest absolute Gasteiger partial charge is 0.0478 e. The van der Waals surface area contributed by atoms with E-state index < -0.39 is 0 Å². The number of likely N-dealkylation sites (N-methyl/N-ethyl adjacent to an activating group) is 1. The largest absolute Gasteiger partial charge is 0.316 e. The summed E-state index contributed by atoms with van der Waals surface area (Å²) in [5, 5.41) is 3.99. The van der Waals surface area contributed by atoms with Crippen LogP contribution in [0.2, 0.25) is 5.02 Å². The first-order valence-corrected chi connectivity index (χ1v) is 5.62. The van der Waals surface area contributed by atoms with E-state index in [1.54, 1.807) is 0 Å². The Morgan fingerprint density at radius 2 is 2.07 bits per heavy atom. The first kappa shape index (κ1) is 12.3. The van der Waals surface area contributed by atoms with E-state index in [-0.39, 0.29) is 0 Å². The van der Waals surface area contributed by atoms with Crippen LogP contribution in [0.3, 0.4) is 0 Å². The maximum absolute atomic E-state index is 6.11. The molecule has 1 aromatic rings. The third kappa shape index (κ3) is 3.69. The topological polar surface area (TPSA) is 12.0 Å². The average Bonchev–Trinajstić information content (AvgIpc) is 2.20. The molecule has 0 unspecified atom stereocenters. The van der Waals surface area contributed by atoms with Crippen LogP contribution in [0.4, 0.5) is 0 Å². The second-order valence-corrected chi connectivity index (χ2v) is 4.33. The molecule has 0 aliphatic carbocycles. The molecule has 0 aliphatic rings. The first-order valence-electron chi connectivity index (χ1n) is 5.24. The van der Waals surface area contributed by atoms with Gasteiger partial charge in [-0.2, -0.15) is 0 Å². The van der Waals surface area contributed by atoms with Gasteiger partial charge in [0.25, 0.3) is 0 Å². The summed E-state index contributed by atoms with van der Waals surface area (Å²) in [6.45, 7) is 5.29. The average molecular weight is 224 g/mol. The van der Waals surface area contributed by atoms with Crippen molar-refractivity contribution < 1.29 is 0 Å². The Morgan fingerprint density at radius 1 is 1.40 bits per heavy atom. The van der Waals surface area contributed by atoms with Crippen LogP contribution in [0.5, 0.6) is 0 Å². The summed E-state index contributed by atoms with van der Waals surface area (Å²) < 4.78 is 0. The Labute approximate surface area is 97.1 Å². The fourth-order valence-corrected chi connectivity index (χ4v) is 1.61. The summed E-state index contributed by atoms with van der Waals surface area (Å²) in [6.07, 6.45) is 2.17. The van der Waals surface area contributed by atoms with Crippen molar-refractivity contribution in [2.75, 3.05) is 13.6 Å². The summed E-state index contributed by atoms with van der Waals surface area (Å²) in [5.74, 6) is 0.536. The quantitative estimate of drug-likeness (QED) is 0.823. The van der Waals surface area contributed by atoms with Gasteiger partial charge in [-0.3, -0.25) is 0 Å². The molecule has 0 radical (unpaired) electrons. The maximum atomic E-state index is 6.11. The lowest BCUT2D eigenvalue weighted by atomic mass is 10.0. The van der Waals surface area contributed by atoms with Crippen LogP contribution in [0, 0.1) is 5.92 Å². The lowest BCUT2D eigenvalue weighted by molar-refractivity contribution is 0.713. The van der Waals surface area contributed by atoms with Crippen molar-refractivity contribution in [2.45, 2.75) is 13.8 Å². The molecule has 1 nitrogen and oxygen atoms in total. The van der Waals surface area contributed by atoms with Crippen LogP contribution in [0.15, 0.2) is 29.8 Å². The van der Waals surface area contributed by atoms with Gasteiger partial charge in [0.05, 0.1) is 0 Å². The highest BCUT2D eigenvalue weighted by Crippen LogP contribution is 2.20. The molecule has 0 aliphatic heterocycles. The minimum atomic E-state index is 0.536. The van der Waals surface area contributed by atoms with Gasteiger partial charge in [-0.15, -0.1) is 0 Å². The van der Waals surface area contributed by atoms with Crippen LogP contribution in [-0.2, 0) is 0 Å². The predicted octanol–water partition coefficient (Wildman–Crippen LogP) is 3.60. The molecule has 1 aromatic carbocycles. The first-order chi connectivity index (χ1) is 7.15. The SMILES string of the molecule is CNCC(=Cc1ccccc1Cl)C(C)C. The molecule has 0 bridgehead atoms. The number of hydrogen-bond donors (Lipinski definition) is 1. The van der Waals surface area contributed by atoms with Crippen LogP contribution >= 0.6 is 11.6 Å². The number of rotatable bonds is 4. The summed E-state index contributed by atoms with van der Waals surface area (Å²) in [5.41, 5.74) is 2.46. The van der Waals surface area contributed by atoms with Gasteiger partial charge in [0, 0.05) is 11.6 Å². The second kappa shape index (κ2) is 5.94. The minimum absolute atomic E-state index is 0.536. The molecule has 15 heavy (non-hydrogen) atoms. The Morgan fingerprint density at radius 3 is 2.60 bits per heavy atom. The lowest BCUT2D eigenvalue weighted by Crippen LogP contribution is -2.13. The fraction of sp³-hybridized carbons (Fsp3) is 0.385. The highest BCUT2D eigenvalue weighted by molar-refractivity contribution is 6.32. The minimum Gasteiger partial charge on any atom is -0.316 e. The molecule has 82 valence electrons. The van der Waals surface area contributed by atoms with Gasteiger partial charge in [0.2, 0.25) is 0 Å². The summed E-state index contributed by atoms with van der Waals surface area (Å²) in [6, 6.07) is 7.92. The normalized spacial score (nSPS) is 12.2. The van der Waals surface area contributed by atoms with Gasteiger partial charge in [0.15, 0.2) is 0 Å². The van der Waals surface area contributed by atoms with Crippen molar-refractivity contribution in [3.05, 3.63) is 40.4 Å². The molecule has 1 N–H and O–H groups in total. The molecule has 0 aromatic heterocycles. The van der Waals surface area contributed by atoms with Crippen molar-refractivity contribution in [1.29, 1.82) is 0 Å². The molecule has 0 atom stereocenters. The van der Waals surface area contributed by atoms with Crippen molar-refractivity contribution in [3.8, 4) is 0 Å². The van der Waals surface area contributed by atoms with E-state index in [0.29, 0.717) is 5.92 Å². The summed E-state index contributed by atoms with van der Waals surface area (Å²) in [4.78, 5) is 0. The van der Waals surface area contributed by atoms with Crippen LogP contribution in [0.25, 0.3) is 6.08 Å². The number of halogens is 1. The van der Waals surface area contributed by atoms with Crippen LogP contribution in [0.1, 0.15) is 19.4 Å². The Kier molecular flexibility index (Phi) is 4.86. The Balaban J connectivity index is 2.97. The molecule has 1 rings (SSSR count). The van der Waals surface area contributed by atoms with Crippen LogP contribution in [-0.4, -0.2) is 13.6 Å². The van der Waals surface area contributed by atoms with Gasteiger partial charge < -0.3 is 5.32 Å². The Hall–Kier alpha value is -0.790. The summed E-state index contributed by atoms with van der Waals surface area (Å²) >= 11 is 6.11. The van der Waals surface area contributed by atoms with Gasteiger partial charge in [0.1, 0.15) is 0 Å². The number of benzene rings is 1. The van der Waals surface area contributed by atoms with Crippen molar-refractivity contribution in [1.82, 2.24) is 5.32 Å². The molecule has 0 saturated heterocycles. The molecular weight excluding hydrogens is 206 g/mol. The molecule has 0 fully saturated rings. The Bertz CT molecular complexity index is 342. The van der Waals surface area contributed by atoms with E-state index in [4.69, 9.17) is 11.6 Å². The molecular formula is C13H18ClN. The van der Waals surface area contributed by atoms with E-state index in [1.165, 1.54) is 5.57 Å². The van der Waals surface area contributed by atoms with Crippen molar-refractivity contribution >= 4 is 17.7 Å². The third-order valence-electron chi connectivity index (χ3n) is 2.37. The van der Waals surface area contributed by atoms with E-state index in [9.17, 15) is 0 Å². The lowest BCUT2D eigenvalue weighted by Gasteiger charge is -2.11. The molecule has 0 spiro atoms. The standard InChI is InChI=1S/C13H18ClN/c1-10(2)12(9-15-3)8-11-6-4-5-7-13(11)14/h4-8,10,15H,9H2,1-3H3. The zero-order valence-corrected chi connectivity index (χ0v) is 10.3. The van der Waals surface area contributed by atoms with Gasteiger partial charge in [-0.05, 0) is 24.6 Å². The fourth-order valence-electron chi connectivity index (χ4n) is 1.42. The number of nitrogens with one attached hydrogen (secondary N) is 1. The predicted molar refractivity (Wildman–Crippen MR) is 68.2 cm³/mol. The van der Waals surface area contributed by atoms with Crippen molar-refractivity contribution in [3.63, 3.8) is 0 Å². The zero-order valence-electron chi connectivity index (χ0n) is 9.55. The molecule has 0 saturated carbocycles. The molecule has 0 heterocycles. The molecule has 0 amide bonds. The van der Waals surface area contributed by atoms with Crippen LogP contribution < -0.4 is 5.32 Å². The monoisotopic (exact) mass is 223 g/mol. The summed E-state index contributed by atoms with van der Waals surface area (Å²) in [7, 11) is 1.96. The second-order valence-electron chi connectivity index (χ2n) is 3.93. The zero-order chi connectivity index (χ0) is 11.3. The van der Waals surface area contributed by atoms with E-state index in [0.717, 1.165) is 17.1 Å². The van der Waals surface area contributed by atoms with E-state index in [1.807, 2.05) is 31.3 Å². The maximum Gasteiger partial charge on any atom is 0.0478 e. The van der Waals surface area contributed by atoms with E-state index in [2.05, 4.69) is 25.2 Å². The highest BCUT2D eigenvalue weighted by Gasteiger charge is 2.03.